The lowest BCUT2D eigenvalue weighted by atomic mass is 9.98. The summed E-state index contributed by atoms with van der Waals surface area (Å²) in [5.41, 5.74) is 0.517. The molecule has 0 amide bonds. The van der Waals surface area contributed by atoms with Gasteiger partial charge in [0.05, 0.1) is 22.0 Å². The minimum Gasteiger partial charge on any atom is -0.206 e. The van der Waals surface area contributed by atoms with Crippen LogP contribution in [0, 0.1) is 11.6 Å². The van der Waals surface area contributed by atoms with Gasteiger partial charge in [-0.3, -0.25) is 0 Å². The van der Waals surface area contributed by atoms with E-state index >= 15 is 0 Å². The highest BCUT2D eigenvalue weighted by Crippen LogP contribution is 2.33. The van der Waals surface area contributed by atoms with E-state index in [-0.39, 0.29) is 11.3 Å². The molecule has 0 unspecified atom stereocenters. The van der Waals surface area contributed by atoms with Crippen molar-refractivity contribution in [3.8, 4) is 22.3 Å². The summed E-state index contributed by atoms with van der Waals surface area (Å²) in [4.78, 5) is 3.55. The third kappa shape index (κ3) is 4.10. The van der Waals surface area contributed by atoms with E-state index < -0.39 is 23.4 Å². The number of rotatable bonds is 3. The maximum absolute atomic E-state index is 14.2. The van der Waals surface area contributed by atoms with Gasteiger partial charge in [0.25, 0.3) is 0 Å². The highest BCUT2D eigenvalue weighted by atomic mass is 32.1. The van der Waals surface area contributed by atoms with Gasteiger partial charge < -0.3 is 0 Å². The summed E-state index contributed by atoms with van der Waals surface area (Å²) in [7, 11) is 0. The van der Waals surface area contributed by atoms with Crippen LogP contribution in [0.3, 0.4) is 0 Å². The van der Waals surface area contributed by atoms with E-state index in [0.29, 0.717) is 16.7 Å². The molecular formula is C20H10F5NS. The van der Waals surface area contributed by atoms with Gasteiger partial charge in [0, 0.05) is 12.1 Å². The lowest BCUT2D eigenvalue weighted by molar-refractivity contribution is -0.137. The van der Waals surface area contributed by atoms with Crippen molar-refractivity contribution in [2.24, 2.45) is 4.99 Å². The number of isothiocyanates is 1. The van der Waals surface area contributed by atoms with Gasteiger partial charge in [-0.25, -0.2) is 8.78 Å². The molecule has 0 heterocycles. The van der Waals surface area contributed by atoms with Crippen molar-refractivity contribution in [2.45, 2.75) is 6.18 Å². The number of thiocarbonyl (C=S) groups is 1. The Morgan fingerprint density at radius 3 is 1.63 bits per heavy atom. The van der Waals surface area contributed by atoms with Crippen LogP contribution in [0.15, 0.2) is 65.7 Å². The maximum Gasteiger partial charge on any atom is 0.416 e. The molecule has 0 aliphatic rings. The van der Waals surface area contributed by atoms with Gasteiger partial charge in [-0.1, -0.05) is 36.4 Å². The Morgan fingerprint density at radius 2 is 1.19 bits per heavy atom. The summed E-state index contributed by atoms with van der Waals surface area (Å²) < 4.78 is 66.3. The monoisotopic (exact) mass is 391 g/mol. The summed E-state index contributed by atoms with van der Waals surface area (Å²) in [5, 5.41) is 2.04. The normalized spacial score (nSPS) is 11.1. The molecule has 0 saturated carbocycles. The average molecular weight is 391 g/mol. The number of benzene rings is 3. The third-order valence-corrected chi connectivity index (χ3v) is 4.01. The second-order valence-corrected chi connectivity index (χ2v) is 5.82. The lowest BCUT2D eigenvalue weighted by Gasteiger charge is -2.09. The SMILES string of the molecule is Fc1cc(N=C=S)cc(F)c1-c1ccc(-c2ccc(C(F)(F)F)cc2)cc1. The van der Waals surface area contributed by atoms with Crippen LogP contribution in [-0.4, -0.2) is 5.16 Å². The molecule has 0 aliphatic heterocycles. The van der Waals surface area contributed by atoms with Crippen LogP contribution in [0.2, 0.25) is 0 Å². The summed E-state index contributed by atoms with van der Waals surface area (Å²) in [6, 6.07) is 12.9. The summed E-state index contributed by atoms with van der Waals surface area (Å²) in [5.74, 6) is -1.61. The topological polar surface area (TPSA) is 12.4 Å². The molecule has 0 aliphatic carbocycles. The van der Waals surface area contributed by atoms with E-state index in [0.717, 1.165) is 24.3 Å². The minimum atomic E-state index is -4.41. The Balaban J connectivity index is 1.93. The molecule has 0 fully saturated rings. The molecule has 3 aromatic carbocycles. The van der Waals surface area contributed by atoms with Crippen LogP contribution in [0.5, 0.6) is 0 Å². The number of aliphatic imine (C=N–C) groups is 1. The van der Waals surface area contributed by atoms with E-state index in [4.69, 9.17) is 0 Å². The van der Waals surface area contributed by atoms with Crippen molar-refractivity contribution in [1.82, 2.24) is 0 Å². The first kappa shape index (κ1) is 18.9. The Hall–Kier alpha value is -2.89. The largest absolute Gasteiger partial charge is 0.416 e. The zero-order valence-electron chi connectivity index (χ0n) is 13.5. The standard InChI is InChI=1S/C20H10F5NS/c21-17-9-16(26-11-27)10-18(22)19(17)14-3-1-12(2-4-14)13-5-7-15(8-6-13)20(23,24)25/h1-10H. The molecule has 0 saturated heterocycles. The number of hydrogen-bond donors (Lipinski definition) is 0. The molecule has 0 atom stereocenters. The molecule has 0 bridgehead atoms. The fraction of sp³-hybridized carbons (Fsp3) is 0.0500. The predicted octanol–water partition coefficient (Wildman–Crippen LogP) is 7.05. The smallest absolute Gasteiger partial charge is 0.206 e. The van der Waals surface area contributed by atoms with Crippen molar-refractivity contribution >= 4 is 23.1 Å². The Morgan fingerprint density at radius 1 is 0.741 bits per heavy atom. The summed E-state index contributed by atoms with van der Waals surface area (Å²) >= 11 is 4.41. The van der Waals surface area contributed by atoms with Crippen LogP contribution in [0.1, 0.15) is 5.56 Å². The van der Waals surface area contributed by atoms with E-state index in [1.807, 2.05) is 5.16 Å². The predicted molar refractivity (Wildman–Crippen MR) is 96.9 cm³/mol. The van der Waals surface area contributed by atoms with Crippen LogP contribution in [0.25, 0.3) is 22.3 Å². The Kier molecular flexibility index (Phi) is 5.17. The summed E-state index contributed by atoms with van der Waals surface area (Å²) in [6.07, 6.45) is -4.41. The van der Waals surface area contributed by atoms with Crippen molar-refractivity contribution in [3.05, 3.63) is 77.9 Å². The van der Waals surface area contributed by atoms with Gasteiger partial charge in [-0.05, 0) is 41.0 Å². The fourth-order valence-electron chi connectivity index (χ4n) is 2.63. The van der Waals surface area contributed by atoms with Crippen molar-refractivity contribution in [2.75, 3.05) is 0 Å². The van der Waals surface area contributed by atoms with Crippen molar-refractivity contribution in [1.29, 1.82) is 0 Å². The quantitative estimate of drug-likeness (QED) is 0.265. The van der Waals surface area contributed by atoms with E-state index in [2.05, 4.69) is 17.2 Å². The molecule has 136 valence electrons. The molecule has 3 aromatic rings. The molecule has 0 N–H and O–H groups in total. The van der Waals surface area contributed by atoms with Crippen LogP contribution >= 0.6 is 12.2 Å². The first-order valence-electron chi connectivity index (χ1n) is 7.64. The third-order valence-electron chi connectivity index (χ3n) is 3.92. The highest BCUT2D eigenvalue weighted by molar-refractivity contribution is 7.78. The van der Waals surface area contributed by atoms with Gasteiger partial charge in [0.1, 0.15) is 11.6 Å². The van der Waals surface area contributed by atoms with Gasteiger partial charge in [0.2, 0.25) is 0 Å². The number of alkyl halides is 3. The minimum absolute atomic E-state index is 0.0186. The zero-order valence-corrected chi connectivity index (χ0v) is 14.3. The van der Waals surface area contributed by atoms with Crippen LogP contribution < -0.4 is 0 Å². The highest BCUT2D eigenvalue weighted by Gasteiger charge is 2.29. The van der Waals surface area contributed by atoms with E-state index in [1.165, 1.54) is 24.3 Å². The summed E-state index contributed by atoms with van der Waals surface area (Å²) in [6.45, 7) is 0. The van der Waals surface area contributed by atoms with Crippen molar-refractivity contribution in [3.63, 3.8) is 0 Å². The zero-order chi connectivity index (χ0) is 19.6. The van der Waals surface area contributed by atoms with E-state index in [9.17, 15) is 22.0 Å². The number of hydrogen-bond acceptors (Lipinski definition) is 2. The van der Waals surface area contributed by atoms with E-state index in [1.54, 1.807) is 12.1 Å². The molecule has 27 heavy (non-hydrogen) atoms. The van der Waals surface area contributed by atoms with Gasteiger partial charge in [-0.2, -0.15) is 18.2 Å². The molecule has 0 spiro atoms. The maximum atomic E-state index is 14.2. The lowest BCUT2D eigenvalue weighted by Crippen LogP contribution is -2.03. The second kappa shape index (κ2) is 7.39. The first-order valence-corrected chi connectivity index (χ1v) is 8.05. The fourth-order valence-corrected chi connectivity index (χ4v) is 2.74. The average Bonchev–Trinajstić information content (AvgIpc) is 2.61. The first-order chi connectivity index (χ1) is 12.8. The van der Waals surface area contributed by atoms with Crippen LogP contribution in [0.4, 0.5) is 27.6 Å². The van der Waals surface area contributed by atoms with Gasteiger partial charge in [0.15, 0.2) is 0 Å². The molecule has 0 radical (unpaired) electrons. The number of nitrogens with zero attached hydrogens (tertiary/aromatic N) is 1. The number of halogens is 5. The van der Waals surface area contributed by atoms with Crippen LogP contribution in [-0.2, 0) is 6.18 Å². The Bertz CT molecular complexity index is 995. The molecular weight excluding hydrogens is 381 g/mol. The molecule has 1 nitrogen and oxygen atoms in total. The molecule has 7 heteroatoms. The van der Waals surface area contributed by atoms with Gasteiger partial charge >= 0.3 is 6.18 Å². The van der Waals surface area contributed by atoms with Crippen molar-refractivity contribution < 1.29 is 22.0 Å². The Labute approximate surface area is 156 Å². The molecule has 3 rings (SSSR count). The molecule has 0 aromatic heterocycles. The van der Waals surface area contributed by atoms with Gasteiger partial charge in [-0.15, -0.1) is 0 Å². The second-order valence-electron chi connectivity index (χ2n) is 5.64.